The first-order valence-corrected chi connectivity index (χ1v) is 22.7. The fourth-order valence-corrected chi connectivity index (χ4v) is 12.6. The van der Waals surface area contributed by atoms with Crippen molar-refractivity contribution in [1.29, 1.82) is 0 Å². The van der Waals surface area contributed by atoms with E-state index >= 15 is 0 Å². The van der Waals surface area contributed by atoms with Gasteiger partial charge in [0.05, 0.1) is 4.47 Å². The van der Waals surface area contributed by atoms with E-state index in [9.17, 15) is 26.7 Å². The van der Waals surface area contributed by atoms with Crippen LogP contribution in [0.1, 0.15) is 69.8 Å². The molecular formula is C34H43Br2ClN4O6S3. The number of nitrogens with one attached hydrogen (secondary N) is 1. The Bertz CT molecular complexity index is 1800. The molecule has 0 unspecified atom stereocenters. The van der Waals surface area contributed by atoms with Gasteiger partial charge in [0.25, 0.3) is 10.0 Å². The summed E-state index contributed by atoms with van der Waals surface area (Å²) >= 11 is 14.0. The van der Waals surface area contributed by atoms with Gasteiger partial charge in [0.1, 0.15) is 25.3 Å². The molecule has 3 aromatic rings. The SMILES string of the molecule is O=C(O)[C@H](Cc1ccccc1)NS(=O)(=O)c1cnc(N2CCC(CCCCCCC3CCN(S(=O)(=O)c4cc(Br)c(Cl)s4)CC3)CC2)c(Br)c1. The number of thiophene rings is 1. The van der Waals surface area contributed by atoms with Gasteiger partial charge >= 0.3 is 5.97 Å². The third-order valence-corrected chi connectivity index (χ3v) is 16.5. The number of unbranched alkanes of at least 4 members (excludes halogenated alkanes) is 3. The third-order valence-electron chi connectivity index (χ3n) is 9.66. The number of rotatable bonds is 16. The number of hydrogen-bond donors (Lipinski definition) is 2. The van der Waals surface area contributed by atoms with Crippen molar-refractivity contribution in [2.45, 2.75) is 85.8 Å². The number of carboxylic acids is 1. The van der Waals surface area contributed by atoms with Crippen LogP contribution in [0, 0.1) is 11.8 Å². The van der Waals surface area contributed by atoms with E-state index in [1.807, 2.05) is 6.07 Å². The zero-order chi connectivity index (χ0) is 35.9. The molecule has 0 amide bonds. The van der Waals surface area contributed by atoms with Crippen LogP contribution in [0.5, 0.6) is 0 Å². The van der Waals surface area contributed by atoms with Crippen molar-refractivity contribution in [2.24, 2.45) is 11.8 Å². The molecule has 0 aliphatic carbocycles. The van der Waals surface area contributed by atoms with E-state index in [-0.39, 0.29) is 11.3 Å². The number of aliphatic carboxylic acids is 1. The molecule has 2 aliphatic heterocycles. The van der Waals surface area contributed by atoms with Crippen LogP contribution in [0.15, 0.2) is 66.7 Å². The maximum absolute atomic E-state index is 13.1. The van der Waals surface area contributed by atoms with E-state index in [0.29, 0.717) is 48.2 Å². The average molecular weight is 895 g/mol. The Balaban J connectivity index is 0.985. The Morgan fingerprint density at radius 3 is 2.06 bits per heavy atom. The minimum Gasteiger partial charge on any atom is -0.480 e. The summed E-state index contributed by atoms with van der Waals surface area (Å²) in [4.78, 5) is 18.4. The van der Waals surface area contributed by atoms with E-state index < -0.39 is 32.1 Å². The Morgan fingerprint density at radius 1 is 0.920 bits per heavy atom. The zero-order valence-electron chi connectivity index (χ0n) is 27.6. The fraction of sp³-hybridized carbons (Fsp3) is 0.529. The number of anilines is 1. The van der Waals surface area contributed by atoms with E-state index in [2.05, 4.69) is 46.5 Å². The topological polar surface area (TPSA) is 137 Å². The molecule has 2 fully saturated rings. The largest absolute Gasteiger partial charge is 0.480 e. The molecule has 0 spiro atoms. The highest BCUT2D eigenvalue weighted by Crippen LogP contribution is 2.37. The molecule has 0 radical (unpaired) electrons. The quantitative estimate of drug-likeness (QED) is 0.138. The predicted molar refractivity (Wildman–Crippen MR) is 205 cm³/mol. The van der Waals surface area contributed by atoms with Gasteiger partial charge in [-0.15, -0.1) is 11.3 Å². The number of nitrogens with zero attached hydrogens (tertiary/aromatic N) is 3. The number of halogens is 3. The Hall–Kier alpha value is -1.59. The third kappa shape index (κ3) is 10.5. The molecule has 2 saturated heterocycles. The Kier molecular flexibility index (Phi) is 14.2. The number of sulfonamides is 2. The van der Waals surface area contributed by atoms with Crippen molar-refractivity contribution in [3.8, 4) is 0 Å². The standard InChI is InChI=1S/C34H43Br2ClN4O6S3/c35-28-22-31(48-32(28)37)50(46,47)41-18-14-25(15-19-41)9-5-2-1-4-8-24-12-16-40(17-13-24)33-29(36)21-27(23-38-33)49(44,45)39-30(34(42)43)20-26-10-6-3-7-11-26/h3,6-7,10-11,21-25,30,39H,1-2,4-5,8-9,12-20H2,(H,42,43)/t30-/m0/s1. The van der Waals surface area contributed by atoms with Gasteiger partial charge in [-0.3, -0.25) is 4.79 Å². The van der Waals surface area contributed by atoms with Gasteiger partial charge in [0, 0.05) is 36.8 Å². The normalized spacial score (nSPS) is 17.6. The van der Waals surface area contributed by atoms with Crippen molar-refractivity contribution in [2.75, 3.05) is 31.1 Å². The lowest BCUT2D eigenvalue weighted by atomic mass is 9.89. The van der Waals surface area contributed by atoms with Crippen LogP contribution < -0.4 is 9.62 Å². The summed E-state index contributed by atoms with van der Waals surface area (Å²) < 4.78 is 58.0. The van der Waals surface area contributed by atoms with Crippen LogP contribution in [0.3, 0.4) is 0 Å². The average Bonchev–Trinajstić information content (AvgIpc) is 3.45. The van der Waals surface area contributed by atoms with Gasteiger partial charge in [-0.05, 0) is 93.5 Å². The Morgan fingerprint density at radius 2 is 1.52 bits per heavy atom. The first-order valence-electron chi connectivity index (χ1n) is 17.0. The number of carboxylic acid groups (broad SMARTS) is 1. The van der Waals surface area contributed by atoms with Crippen molar-refractivity contribution in [3.05, 3.63) is 67.5 Å². The molecule has 1 atom stereocenters. The summed E-state index contributed by atoms with van der Waals surface area (Å²) in [7, 11) is -7.60. The number of benzene rings is 1. The molecule has 2 aliphatic rings. The molecule has 0 bridgehead atoms. The van der Waals surface area contributed by atoms with Gasteiger partial charge in [0.15, 0.2) is 0 Å². The number of hydrogen-bond acceptors (Lipinski definition) is 8. The fourth-order valence-electron chi connectivity index (χ4n) is 6.75. The van der Waals surface area contributed by atoms with Crippen LogP contribution >= 0.6 is 54.8 Å². The molecule has 0 saturated carbocycles. The van der Waals surface area contributed by atoms with Crippen molar-refractivity contribution in [1.82, 2.24) is 14.0 Å². The molecule has 10 nitrogen and oxygen atoms in total. The van der Waals surface area contributed by atoms with Gasteiger partial charge in [-0.2, -0.15) is 9.03 Å². The monoisotopic (exact) mass is 892 g/mol. The minimum absolute atomic E-state index is 0.0266. The summed E-state index contributed by atoms with van der Waals surface area (Å²) in [6.45, 7) is 2.80. The Labute approximate surface area is 321 Å². The molecule has 50 heavy (non-hydrogen) atoms. The highest BCUT2D eigenvalue weighted by atomic mass is 79.9. The molecule has 4 heterocycles. The highest BCUT2D eigenvalue weighted by Gasteiger charge is 2.31. The molecule has 5 rings (SSSR count). The number of carbonyl (C=O) groups is 1. The smallest absolute Gasteiger partial charge is 0.322 e. The van der Waals surface area contributed by atoms with Gasteiger partial charge in [-0.25, -0.2) is 21.8 Å². The highest BCUT2D eigenvalue weighted by molar-refractivity contribution is 9.11. The van der Waals surface area contributed by atoms with Gasteiger partial charge in [-0.1, -0.05) is 80.5 Å². The zero-order valence-corrected chi connectivity index (χ0v) is 34.0. The van der Waals surface area contributed by atoms with Gasteiger partial charge in [0.2, 0.25) is 10.0 Å². The van der Waals surface area contributed by atoms with Crippen LogP contribution in [0.25, 0.3) is 0 Å². The van der Waals surface area contributed by atoms with Crippen LogP contribution in [-0.2, 0) is 31.3 Å². The predicted octanol–water partition coefficient (Wildman–Crippen LogP) is 7.95. The second kappa shape index (κ2) is 18.0. The maximum Gasteiger partial charge on any atom is 0.322 e. The lowest BCUT2D eigenvalue weighted by molar-refractivity contribution is -0.138. The number of piperidine rings is 2. The summed E-state index contributed by atoms with van der Waals surface area (Å²) in [6.07, 6.45) is 12.3. The maximum atomic E-state index is 13.1. The van der Waals surface area contributed by atoms with E-state index in [0.717, 1.165) is 62.1 Å². The van der Waals surface area contributed by atoms with E-state index in [1.54, 1.807) is 34.6 Å². The van der Waals surface area contributed by atoms with Crippen molar-refractivity contribution < 1.29 is 26.7 Å². The molecular weight excluding hydrogens is 852 g/mol. The molecule has 2 N–H and O–H groups in total. The van der Waals surface area contributed by atoms with Gasteiger partial charge < -0.3 is 10.0 Å². The number of aromatic nitrogens is 1. The molecule has 16 heteroatoms. The van der Waals surface area contributed by atoms with Crippen LogP contribution in [0.2, 0.25) is 4.34 Å². The minimum atomic E-state index is -4.12. The second-order valence-corrected chi connectivity index (χ2v) is 20.4. The van der Waals surface area contributed by atoms with Crippen LogP contribution in [-0.4, -0.2) is 69.4 Å². The van der Waals surface area contributed by atoms with Crippen molar-refractivity contribution >= 4 is 86.6 Å². The summed E-state index contributed by atoms with van der Waals surface area (Å²) in [5.41, 5.74) is 0.719. The second-order valence-electron chi connectivity index (χ2n) is 13.1. The van der Waals surface area contributed by atoms with E-state index in [1.165, 1.54) is 44.4 Å². The first kappa shape index (κ1) is 39.6. The van der Waals surface area contributed by atoms with E-state index in [4.69, 9.17) is 11.6 Å². The van der Waals surface area contributed by atoms with Crippen molar-refractivity contribution in [3.63, 3.8) is 0 Å². The summed E-state index contributed by atoms with van der Waals surface area (Å²) in [5, 5.41) is 9.66. The summed E-state index contributed by atoms with van der Waals surface area (Å²) in [5.74, 6) is 0.664. The molecule has 274 valence electrons. The van der Waals surface area contributed by atoms with Crippen LogP contribution in [0.4, 0.5) is 5.82 Å². The molecule has 2 aromatic heterocycles. The first-order chi connectivity index (χ1) is 23.8. The number of pyridine rings is 1. The molecule has 1 aromatic carbocycles. The summed E-state index contributed by atoms with van der Waals surface area (Å²) in [6, 6.07) is 10.7. The lowest BCUT2D eigenvalue weighted by Crippen LogP contribution is -2.42. The lowest BCUT2D eigenvalue weighted by Gasteiger charge is -2.33.